The molecule has 284 valence electrons. The number of Topliss-reactive ketones (excluding diaryl/α,β-unsaturated/α-hetero) is 1. The summed E-state index contributed by atoms with van der Waals surface area (Å²) < 4.78 is 27.7. The molecular formula is C37H58N6O7S. The molecule has 13 nitrogen and oxygen atoms in total. The van der Waals surface area contributed by atoms with Crippen LogP contribution in [0.15, 0.2) is 47.9 Å². The lowest BCUT2D eigenvalue weighted by Gasteiger charge is -2.38. The third-order valence-electron chi connectivity index (χ3n) is 10.5. The standard InChI is InChI=1S/C37H58N6O7S/c1-11-17-26(30(44)33(46)38-20-12-2)39-32(45)29-28-25(37(28,8)9)21-43(29)34(47)31(36(5,6)7)41-35(48)40-27(23(4)13-3)22-42(10)51(49,50)24-18-15-14-16-19-24/h12,14-16,18-19,23,25-29,31H,2,11,13,17,20-22H2,1,3-10H3,(H,38,46)(H,39,45)(H2,40,41,48)/t23-,25-,26?,27+,28-,29-,31+/m0/s1. The number of carbonyl (C=O) groups is 5. The number of piperidine rings is 1. The highest BCUT2D eigenvalue weighted by Gasteiger charge is 2.70. The lowest BCUT2D eigenvalue weighted by atomic mass is 9.85. The molecule has 5 amide bonds. The molecule has 3 rings (SSSR count). The van der Waals surface area contributed by atoms with Gasteiger partial charge in [-0.15, -0.1) is 6.58 Å². The fraction of sp³-hybridized carbons (Fsp3) is 0.649. The Morgan fingerprint density at radius 1 is 1.06 bits per heavy atom. The monoisotopic (exact) mass is 730 g/mol. The van der Waals surface area contributed by atoms with Gasteiger partial charge in [-0.1, -0.05) is 92.5 Å². The van der Waals surface area contributed by atoms with Gasteiger partial charge < -0.3 is 26.2 Å². The van der Waals surface area contributed by atoms with E-state index in [9.17, 15) is 32.4 Å². The van der Waals surface area contributed by atoms with Gasteiger partial charge in [0.25, 0.3) is 5.91 Å². The molecule has 1 saturated carbocycles. The van der Waals surface area contributed by atoms with Gasteiger partial charge in [-0.25, -0.2) is 13.2 Å². The Morgan fingerprint density at radius 2 is 1.69 bits per heavy atom. The van der Waals surface area contributed by atoms with Crippen molar-refractivity contribution in [3.8, 4) is 0 Å². The van der Waals surface area contributed by atoms with Crippen LogP contribution in [0.5, 0.6) is 0 Å². The van der Waals surface area contributed by atoms with Crippen LogP contribution in [-0.2, 0) is 29.2 Å². The Bertz CT molecular complexity index is 1560. The Kier molecular flexibility index (Phi) is 13.6. The van der Waals surface area contributed by atoms with Crippen molar-refractivity contribution in [1.82, 2.24) is 30.5 Å². The van der Waals surface area contributed by atoms with Gasteiger partial charge in [0.1, 0.15) is 12.1 Å². The molecule has 0 spiro atoms. The molecule has 1 aliphatic heterocycles. The van der Waals surface area contributed by atoms with Crippen molar-refractivity contribution in [3.05, 3.63) is 43.0 Å². The van der Waals surface area contributed by atoms with E-state index >= 15 is 0 Å². The van der Waals surface area contributed by atoms with Gasteiger partial charge in [-0.05, 0) is 47.1 Å². The zero-order valence-electron chi connectivity index (χ0n) is 31.6. The zero-order chi connectivity index (χ0) is 38.5. The van der Waals surface area contributed by atoms with Gasteiger partial charge >= 0.3 is 6.03 Å². The van der Waals surface area contributed by atoms with Gasteiger partial charge in [0.15, 0.2) is 0 Å². The van der Waals surface area contributed by atoms with Crippen molar-refractivity contribution in [2.45, 2.75) is 104 Å². The van der Waals surface area contributed by atoms with Crippen LogP contribution < -0.4 is 21.3 Å². The van der Waals surface area contributed by atoms with E-state index in [2.05, 4.69) is 27.8 Å². The second-order valence-electron chi connectivity index (χ2n) is 15.6. The first-order valence-corrected chi connectivity index (χ1v) is 19.3. The SMILES string of the molecule is C=CCNC(=O)C(=O)C(CCC)NC(=O)[C@@H]1[C@@H]2[C@H](CN1C(=O)[C@@H](NC(=O)N[C@H](CN(C)S(=O)(=O)c1ccccc1)[C@@H](C)CC)C(C)(C)C)C2(C)C. The van der Waals surface area contributed by atoms with E-state index in [0.717, 1.165) is 0 Å². The number of hydrogen-bond acceptors (Lipinski definition) is 7. The second-order valence-corrected chi connectivity index (χ2v) is 17.7. The Hall–Kier alpha value is -3.78. The van der Waals surface area contributed by atoms with E-state index in [0.29, 0.717) is 19.4 Å². The molecule has 1 heterocycles. The van der Waals surface area contributed by atoms with Crippen LogP contribution in [0.2, 0.25) is 0 Å². The summed E-state index contributed by atoms with van der Waals surface area (Å²) in [5.74, 6) is -2.77. The molecule has 7 atom stereocenters. The largest absolute Gasteiger partial charge is 0.346 e. The first kappa shape index (κ1) is 41.6. The first-order valence-electron chi connectivity index (χ1n) is 17.9. The van der Waals surface area contributed by atoms with Crippen molar-refractivity contribution in [2.24, 2.45) is 28.6 Å². The van der Waals surface area contributed by atoms with Crippen LogP contribution in [0.1, 0.15) is 74.7 Å². The van der Waals surface area contributed by atoms with Crippen LogP contribution in [0.3, 0.4) is 0 Å². The first-order chi connectivity index (χ1) is 23.7. The van der Waals surface area contributed by atoms with Crippen LogP contribution >= 0.6 is 0 Å². The van der Waals surface area contributed by atoms with Gasteiger partial charge in [0, 0.05) is 32.7 Å². The maximum absolute atomic E-state index is 14.4. The average molecular weight is 731 g/mol. The second kappa shape index (κ2) is 16.7. The summed E-state index contributed by atoms with van der Waals surface area (Å²) in [5, 5.41) is 11.0. The minimum Gasteiger partial charge on any atom is -0.346 e. The van der Waals surface area contributed by atoms with Crippen molar-refractivity contribution in [3.63, 3.8) is 0 Å². The molecule has 1 aromatic rings. The average Bonchev–Trinajstić information content (AvgIpc) is 3.38. The Morgan fingerprint density at radius 3 is 2.24 bits per heavy atom. The quantitative estimate of drug-likeness (QED) is 0.141. The fourth-order valence-electron chi connectivity index (χ4n) is 6.99. The Balaban J connectivity index is 1.82. The number of hydrogen-bond donors (Lipinski definition) is 4. The summed E-state index contributed by atoms with van der Waals surface area (Å²) in [7, 11) is -2.35. The van der Waals surface area contributed by atoms with Gasteiger partial charge in [-0.2, -0.15) is 4.31 Å². The lowest BCUT2D eigenvalue weighted by Crippen LogP contribution is -2.62. The number of rotatable bonds is 17. The van der Waals surface area contributed by atoms with Crippen molar-refractivity contribution >= 4 is 39.6 Å². The molecule has 1 aliphatic carbocycles. The van der Waals surface area contributed by atoms with Gasteiger partial charge in [0.05, 0.1) is 10.9 Å². The summed E-state index contributed by atoms with van der Waals surface area (Å²) in [6, 6.07) is 3.84. The summed E-state index contributed by atoms with van der Waals surface area (Å²) in [6.07, 6.45) is 2.89. The topological polar surface area (TPSA) is 174 Å². The van der Waals surface area contributed by atoms with Crippen molar-refractivity contribution in [2.75, 3.05) is 26.7 Å². The highest BCUT2D eigenvalue weighted by molar-refractivity contribution is 7.89. The van der Waals surface area contributed by atoms with Gasteiger partial charge in [0.2, 0.25) is 27.6 Å². The number of amides is 5. The van der Waals surface area contributed by atoms with Crippen molar-refractivity contribution < 1.29 is 32.4 Å². The number of carbonyl (C=O) groups excluding carboxylic acids is 5. The molecule has 0 bridgehead atoms. The molecule has 1 saturated heterocycles. The van der Waals surface area contributed by atoms with E-state index in [1.165, 1.54) is 34.5 Å². The fourth-order valence-corrected chi connectivity index (χ4v) is 8.21. The van der Waals surface area contributed by atoms with Crippen LogP contribution in [0.25, 0.3) is 0 Å². The molecule has 1 aromatic carbocycles. The maximum atomic E-state index is 14.4. The summed E-state index contributed by atoms with van der Waals surface area (Å²) in [6.45, 7) is 19.2. The van der Waals surface area contributed by atoms with E-state index in [1.54, 1.807) is 18.2 Å². The van der Waals surface area contributed by atoms with Crippen LogP contribution in [0, 0.1) is 28.6 Å². The van der Waals surface area contributed by atoms with E-state index in [4.69, 9.17) is 0 Å². The number of nitrogens with zero attached hydrogens (tertiary/aromatic N) is 2. The molecule has 0 radical (unpaired) electrons. The summed E-state index contributed by atoms with van der Waals surface area (Å²) in [5.41, 5.74) is -0.997. The molecule has 2 fully saturated rings. The number of fused-ring (bicyclic) bond motifs is 1. The van der Waals surface area contributed by atoms with E-state index < -0.39 is 69.1 Å². The van der Waals surface area contributed by atoms with E-state index in [1.807, 2.05) is 55.4 Å². The molecule has 1 unspecified atom stereocenters. The molecule has 0 aromatic heterocycles. The zero-order valence-corrected chi connectivity index (χ0v) is 32.4. The molecular weight excluding hydrogens is 673 g/mol. The summed E-state index contributed by atoms with van der Waals surface area (Å²) >= 11 is 0. The number of benzene rings is 1. The number of likely N-dealkylation sites (tertiary alicyclic amines) is 1. The lowest BCUT2D eigenvalue weighted by molar-refractivity contribution is -0.145. The predicted octanol–water partition coefficient (Wildman–Crippen LogP) is 3.07. The third kappa shape index (κ3) is 9.56. The minimum atomic E-state index is -3.82. The molecule has 51 heavy (non-hydrogen) atoms. The minimum absolute atomic E-state index is 0.00383. The Labute approximate surface area is 303 Å². The molecule has 4 N–H and O–H groups in total. The highest BCUT2D eigenvalue weighted by atomic mass is 32.2. The molecule has 2 aliphatic rings. The highest BCUT2D eigenvalue weighted by Crippen LogP contribution is 2.65. The number of sulfonamides is 1. The summed E-state index contributed by atoms with van der Waals surface area (Å²) in [4.78, 5) is 69.2. The third-order valence-corrected chi connectivity index (χ3v) is 12.4. The smallest absolute Gasteiger partial charge is 0.315 e. The predicted molar refractivity (Wildman–Crippen MR) is 196 cm³/mol. The van der Waals surface area contributed by atoms with E-state index in [-0.39, 0.29) is 47.6 Å². The number of nitrogens with one attached hydrogen (secondary N) is 4. The normalized spacial score (nSPS) is 21.8. The van der Waals surface area contributed by atoms with Crippen molar-refractivity contribution in [1.29, 1.82) is 0 Å². The molecule has 14 heteroatoms. The maximum Gasteiger partial charge on any atom is 0.315 e. The van der Waals surface area contributed by atoms with Crippen LogP contribution in [-0.4, -0.2) is 98.0 Å². The number of likely N-dealkylation sites (N-methyl/N-ethyl adjacent to an activating group) is 1. The number of urea groups is 1. The van der Waals surface area contributed by atoms with Gasteiger partial charge in [-0.3, -0.25) is 19.2 Å². The van der Waals surface area contributed by atoms with Crippen LogP contribution in [0.4, 0.5) is 4.79 Å². The number of ketones is 1.